The maximum Gasteiger partial charge on any atom is 0.125 e. The number of aliphatic hydroxyl groups is 1. The van der Waals surface area contributed by atoms with E-state index < -0.39 is 6.10 Å². The molecule has 0 saturated carbocycles. The van der Waals surface area contributed by atoms with Crippen molar-refractivity contribution in [3.05, 3.63) is 58.9 Å². The van der Waals surface area contributed by atoms with Gasteiger partial charge in [-0.05, 0) is 43.7 Å². The van der Waals surface area contributed by atoms with E-state index in [4.69, 9.17) is 4.74 Å². The van der Waals surface area contributed by atoms with Crippen LogP contribution in [0.2, 0.25) is 0 Å². The van der Waals surface area contributed by atoms with E-state index in [1.165, 1.54) is 0 Å². The lowest BCUT2D eigenvalue weighted by molar-refractivity contribution is 0.210. The first-order valence-electron chi connectivity index (χ1n) is 5.87. The van der Waals surface area contributed by atoms with Gasteiger partial charge in [0.1, 0.15) is 11.9 Å². The molecule has 18 heavy (non-hydrogen) atoms. The van der Waals surface area contributed by atoms with Crippen LogP contribution in [0.15, 0.2) is 36.5 Å². The van der Waals surface area contributed by atoms with Crippen LogP contribution in [0.3, 0.4) is 0 Å². The van der Waals surface area contributed by atoms with Gasteiger partial charge >= 0.3 is 0 Å². The zero-order valence-corrected chi connectivity index (χ0v) is 10.8. The molecule has 0 aliphatic heterocycles. The molecule has 3 nitrogen and oxygen atoms in total. The number of benzene rings is 1. The molecule has 0 fully saturated rings. The summed E-state index contributed by atoms with van der Waals surface area (Å²) < 4.78 is 5.29. The average Bonchev–Trinajstić information content (AvgIpc) is 2.38. The molecule has 1 atom stereocenters. The Morgan fingerprint density at radius 3 is 2.50 bits per heavy atom. The smallest absolute Gasteiger partial charge is 0.125 e. The van der Waals surface area contributed by atoms with Gasteiger partial charge in [0.25, 0.3) is 0 Å². The van der Waals surface area contributed by atoms with Crippen molar-refractivity contribution < 1.29 is 9.84 Å². The molecule has 0 radical (unpaired) electrons. The van der Waals surface area contributed by atoms with Crippen LogP contribution in [0.1, 0.15) is 28.5 Å². The molecule has 1 N–H and O–H groups in total. The molecule has 1 aromatic heterocycles. The highest BCUT2D eigenvalue weighted by Crippen LogP contribution is 2.30. The number of ether oxygens (including phenoxy) is 1. The standard InChI is InChI=1S/C15H17NO2/c1-10-4-5-14(18-3)12(8-10)15(17)13-9-11(2)6-7-16-13/h4-9,15,17H,1-3H3. The molecule has 0 spiro atoms. The van der Waals surface area contributed by atoms with Crippen molar-refractivity contribution in [3.63, 3.8) is 0 Å². The summed E-state index contributed by atoms with van der Waals surface area (Å²) in [5.74, 6) is 0.677. The lowest BCUT2D eigenvalue weighted by Crippen LogP contribution is -2.05. The Morgan fingerprint density at radius 2 is 1.83 bits per heavy atom. The van der Waals surface area contributed by atoms with E-state index >= 15 is 0 Å². The molecule has 0 bridgehead atoms. The Hall–Kier alpha value is -1.87. The highest BCUT2D eigenvalue weighted by molar-refractivity contribution is 5.41. The van der Waals surface area contributed by atoms with Gasteiger partial charge in [-0.1, -0.05) is 11.6 Å². The molecule has 0 aliphatic rings. The van der Waals surface area contributed by atoms with Gasteiger partial charge in [0, 0.05) is 11.8 Å². The summed E-state index contributed by atoms with van der Waals surface area (Å²) >= 11 is 0. The van der Waals surface area contributed by atoms with Gasteiger partial charge in [-0.3, -0.25) is 4.98 Å². The fourth-order valence-corrected chi connectivity index (χ4v) is 1.94. The Bertz CT molecular complexity index is 552. The van der Waals surface area contributed by atoms with Crippen molar-refractivity contribution in [2.45, 2.75) is 20.0 Å². The molecule has 3 heteroatoms. The first-order valence-corrected chi connectivity index (χ1v) is 5.87. The highest BCUT2D eigenvalue weighted by atomic mass is 16.5. The molecule has 0 aliphatic carbocycles. The minimum Gasteiger partial charge on any atom is -0.496 e. The second-order valence-corrected chi connectivity index (χ2v) is 4.41. The summed E-state index contributed by atoms with van der Waals surface area (Å²) in [5, 5.41) is 10.4. The minimum absolute atomic E-state index is 0.638. The zero-order valence-electron chi connectivity index (χ0n) is 10.8. The third-order valence-electron chi connectivity index (χ3n) is 2.90. The third-order valence-corrected chi connectivity index (χ3v) is 2.90. The summed E-state index contributed by atoms with van der Waals surface area (Å²) in [4.78, 5) is 4.22. The first-order chi connectivity index (χ1) is 8.61. The van der Waals surface area contributed by atoms with Crippen molar-refractivity contribution in [2.24, 2.45) is 0 Å². The van der Waals surface area contributed by atoms with Crippen LogP contribution in [0.25, 0.3) is 0 Å². The van der Waals surface area contributed by atoms with Gasteiger partial charge in [-0.15, -0.1) is 0 Å². The van der Waals surface area contributed by atoms with Gasteiger partial charge in [0.2, 0.25) is 0 Å². The van der Waals surface area contributed by atoms with Crippen LogP contribution in [0.5, 0.6) is 5.75 Å². The predicted octanol–water partition coefficient (Wildman–Crippen LogP) is 2.79. The molecule has 1 unspecified atom stereocenters. The van der Waals surface area contributed by atoms with Crippen LogP contribution in [0.4, 0.5) is 0 Å². The highest BCUT2D eigenvalue weighted by Gasteiger charge is 2.16. The second kappa shape index (κ2) is 5.19. The minimum atomic E-state index is -0.764. The average molecular weight is 243 g/mol. The molecule has 2 rings (SSSR count). The second-order valence-electron chi connectivity index (χ2n) is 4.41. The zero-order chi connectivity index (χ0) is 13.1. The Labute approximate surface area is 107 Å². The van der Waals surface area contributed by atoms with Crippen LogP contribution in [-0.2, 0) is 0 Å². The van der Waals surface area contributed by atoms with Crippen molar-refractivity contribution >= 4 is 0 Å². The van der Waals surface area contributed by atoms with Crippen LogP contribution >= 0.6 is 0 Å². The lowest BCUT2D eigenvalue weighted by atomic mass is 10.0. The number of hydrogen-bond acceptors (Lipinski definition) is 3. The fourth-order valence-electron chi connectivity index (χ4n) is 1.94. The van der Waals surface area contributed by atoms with Gasteiger partial charge in [-0.25, -0.2) is 0 Å². The molecule has 94 valence electrons. The van der Waals surface area contributed by atoms with Crippen molar-refractivity contribution in [3.8, 4) is 5.75 Å². The van der Waals surface area contributed by atoms with Gasteiger partial charge in [0.15, 0.2) is 0 Å². The summed E-state index contributed by atoms with van der Waals surface area (Å²) in [5.41, 5.74) is 3.54. The Kier molecular flexibility index (Phi) is 3.63. The van der Waals surface area contributed by atoms with Crippen LogP contribution in [-0.4, -0.2) is 17.2 Å². The number of nitrogens with zero attached hydrogens (tertiary/aromatic N) is 1. The number of pyridine rings is 1. The van der Waals surface area contributed by atoms with Gasteiger partial charge in [0.05, 0.1) is 12.8 Å². The summed E-state index contributed by atoms with van der Waals surface area (Å²) in [6, 6.07) is 9.53. The fraction of sp³-hybridized carbons (Fsp3) is 0.267. The number of hydrogen-bond donors (Lipinski definition) is 1. The topological polar surface area (TPSA) is 42.4 Å². The summed E-state index contributed by atoms with van der Waals surface area (Å²) in [7, 11) is 1.60. The third kappa shape index (κ3) is 2.51. The van der Waals surface area contributed by atoms with E-state index in [2.05, 4.69) is 4.98 Å². The number of methoxy groups -OCH3 is 1. The number of aliphatic hydroxyl groups excluding tert-OH is 1. The van der Waals surface area contributed by atoms with Gasteiger partial charge < -0.3 is 9.84 Å². The Balaban J connectivity index is 2.44. The van der Waals surface area contributed by atoms with Crippen molar-refractivity contribution in [1.82, 2.24) is 4.98 Å². The Morgan fingerprint density at radius 1 is 1.11 bits per heavy atom. The maximum atomic E-state index is 10.4. The van der Waals surface area contributed by atoms with E-state index in [0.717, 1.165) is 16.7 Å². The first kappa shape index (κ1) is 12.6. The molecule has 0 saturated heterocycles. The summed E-state index contributed by atoms with van der Waals surface area (Å²) in [6.07, 6.45) is 0.940. The SMILES string of the molecule is COc1ccc(C)cc1C(O)c1cc(C)ccn1. The van der Waals surface area contributed by atoms with Crippen molar-refractivity contribution in [2.75, 3.05) is 7.11 Å². The van der Waals surface area contributed by atoms with Crippen LogP contribution in [0, 0.1) is 13.8 Å². The van der Waals surface area contributed by atoms with E-state index in [9.17, 15) is 5.11 Å². The summed E-state index contributed by atoms with van der Waals surface area (Å²) in [6.45, 7) is 3.96. The quantitative estimate of drug-likeness (QED) is 0.901. The lowest BCUT2D eigenvalue weighted by Gasteiger charge is -2.15. The molecule has 1 aromatic carbocycles. The molecular weight excluding hydrogens is 226 g/mol. The predicted molar refractivity (Wildman–Crippen MR) is 70.8 cm³/mol. The molecule has 1 heterocycles. The molecule has 2 aromatic rings. The van der Waals surface area contributed by atoms with E-state index in [1.54, 1.807) is 13.3 Å². The van der Waals surface area contributed by atoms with Crippen LogP contribution < -0.4 is 4.74 Å². The molecule has 0 amide bonds. The van der Waals surface area contributed by atoms with Gasteiger partial charge in [-0.2, -0.15) is 0 Å². The largest absolute Gasteiger partial charge is 0.496 e. The van der Waals surface area contributed by atoms with Crippen molar-refractivity contribution in [1.29, 1.82) is 0 Å². The number of rotatable bonds is 3. The maximum absolute atomic E-state index is 10.4. The van der Waals surface area contributed by atoms with E-state index in [0.29, 0.717) is 11.4 Å². The molecular formula is C15H17NO2. The number of aryl methyl sites for hydroxylation is 2. The monoisotopic (exact) mass is 243 g/mol. The normalized spacial score (nSPS) is 12.2. The van der Waals surface area contributed by atoms with E-state index in [-0.39, 0.29) is 0 Å². The number of aromatic nitrogens is 1. The van der Waals surface area contributed by atoms with E-state index in [1.807, 2.05) is 44.2 Å².